The molecule has 0 saturated carbocycles. The summed E-state index contributed by atoms with van der Waals surface area (Å²) in [5.41, 5.74) is 5.89. The Morgan fingerprint density at radius 3 is 2.72 bits per heavy atom. The molecular formula is C13H13N3O2. The van der Waals surface area contributed by atoms with Crippen molar-refractivity contribution in [1.29, 1.82) is 0 Å². The zero-order valence-electron chi connectivity index (χ0n) is 9.87. The maximum Gasteiger partial charge on any atom is 0.263 e. The zero-order valence-corrected chi connectivity index (χ0v) is 9.87. The molecule has 2 rings (SSSR count). The van der Waals surface area contributed by atoms with Crippen LogP contribution in [0.25, 0.3) is 0 Å². The highest BCUT2D eigenvalue weighted by atomic mass is 16.3. The van der Waals surface area contributed by atoms with E-state index in [0.717, 1.165) is 0 Å². The first-order chi connectivity index (χ1) is 8.61. The Hall–Kier alpha value is -2.56. The fraction of sp³-hybridized carbons (Fsp3) is 0.0769. The van der Waals surface area contributed by atoms with Crippen LogP contribution in [0.2, 0.25) is 0 Å². The molecule has 0 unspecified atom stereocenters. The van der Waals surface area contributed by atoms with E-state index in [1.165, 1.54) is 17.0 Å². The normalized spacial score (nSPS) is 10.1. The maximum absolute atomic E-state index is 12.2. The SMILES string of the molecule is CN(C(=O)c1cccc(N)c1O)c1ccccn1. The van der Waals surface area contributed by atoms with Crippen molar-refractivity contribution < 1.29 is 9.90 Å². The van der Waals surface area contributed by atoms with Crippen molar-refractivity contribution in [1.82, 2.24) is 4.98 Å². The van der Waals surface area contributed by atoms with E-state index in [1.54, 1.807) is 37.5 Å². The number of para-hydroxylation sites is 1. The van der Waals surface area contributed by atoms with E-state index in [-0.39, 0.29) is 22.9 Å². The number of anilines is 2. The lowest BCUT2D eigenvalue weighted by Gasteiger charge is -2.17. The van der Waals surface area contributed by atoms with Crippen LogP contribution in [0, 0.1) is 0 Å². The molecule has 0 aliphatic carbocycles. The average molecular weight is 243 g/mol. The minimum atomic E-state index is -0.363. The number of phenolic OH excluding ortho intramolecular Hbond substituents is 1. The number of aromatic hydroxyl groups is 1. The van der Waals surface area contributed by atoms with Gasteiger partial charge in [0.25, 0.3) is 5.91 Å². The van der Waals surface area contributed by atoms with Crippen molar-refractivity contribution in [2.75, 3.05) is 17.7 Å². The Bertz CT molecular complexity index is 570. The highest BCUT2D eigenvalue weighted by molar-refractivity contribution is 6.07. The molecule has 0 bridgehead atoms. The Kier molecular flexibility index (Phi) is 3.14. The Morgan fingerprint density at radius 1 is 1.28 bits per heavy atom. The number of nitrogens with two attached hydrogens (primary N) is 1. The standard InChI is InChI=1S/C13H13N3O2/c1-16(11-7-2-3-8-15-11)13(18)9-5-4-6-10(14)12(9)17/h2-8,17H,14H2,1H3. The van der Waals surface area contributed by atoms with Gasteiger partial charge in [-0.3, -0.25) is 9.69 Å². The third-order valence-corrected chi connectivity index (χ3v) is 2.60. The van der Waals surface area contributed by atoms with Crippen LogP contribution in [0.3, 0.4) is 0 Å². The second-order valence-corrected chi connectivity index (χ2v) is 3.80. The van der Waals surface area contributed by atoms with Crippen molar-refractivity contribution >= 4 is 17.4 Å². The molecule has 0 spiro atoms. The van der Waals surface area contributed by atoms with E-state index in [1.807, 2.05) is 0 Å². The smallest absolute Gasteiger partial charge is 0.263 e. The Morgan fingerprint density at radius 2 is 2.06 bits per heavy atom. The number of nitrogens with zero attached hydrogens (tertiary/aromatic N) is 2. The summed E-state index contributed by atoms with van der Waals surface area (Å²) >= 11 is 0. The molecule has 1 aromatic heterocycles. The molecule has 92 valence electrons. The van der Waals surface area contributed by atoms with Gasteiger partial charge in [0.15, 0.2) is 5.75 Å². The van der Waals surface area contributed by atoms with E-state index in [9.17, 15) is 9.90 Å². The number of rotatable bonds is 2. The van der Waals surface area contributed by atoms with E-state index >= 15 is 0 Å². The number of benzene rings is 1. The minimum absolute atomic E-state index is 0.156. The van der Waals surface area contributed by atoms with Crippen LogP contribution in [0.5, 0.6) is 5.75 Å². The van der Waals surface area contributed by atoms with Gasteiger partial charge in [0.1, 0.15) is 5.82 Å². The average Bonchev–Trinajstić information content (AvgIpc) is 2.41. The lowest BCUT2D eigenvalue weighted by molar-refractivity contribution is 0.0990. The first kappa shape index (κ1) is 11.9. The van der Waals surface area contributed by atoms with Gasteiger partial charge >= 0.3 is 0 Å². The predicted octanol–water partition coefficient (Wildman–Crippen LogP) is 1.65. The van der Waals surface area contributed by atoms with Crippen LogP contribution in [0.4, 0.5) is 11.5 Å². The van der Waals surface area contributed by atoms with Gasteiger partial charge in [-0.2, -0.15) is 0 Å². The summed E-state index contributed by atoms with van der Waals surface area (Å²) in [5, 5.41) is 9.77. The fourth-order valence-electron chi connectivity index (χ4n) is 1.57. The van der Waals surface area contributed by atoms with Crippen LogP contribution >= 0.6 is 0 Å². The molecule has 0 aliphatic rings. The molecule has 2 aromatic rings. The number of phenols is 1. The quantitative estimate of drug-likeness (QED) is 0.620. The lowest BCUT2D eigenvalue weighted by Crippen LogP contribution is -2.27. The van der Waals surface area contributed by atoms with Gasteiger partial charge in [0.05, 0.1) is 11.3 Å². The van der Waals surface area contributed by atoms with Gasteiger partial charge in [0.2, 0.25) is 0 Å². The topological polar surface area (TPSA) is 79.5 Å². The molecule has 1 aromatic carbocycles. The summed E-state index contributed by atoms with van der Waals surface area (Å²) in [6.45, 7) is 0. The van der Waals surface area contributed by atoms with Crippen molar-refractivity contribution in [2.45, 2.75) is 0 Å². The van der Waals surface area contributed by atoms with Gasteiger partial charge in [-0.1, -0.05) is 12.1 Å². The van der Waals surface area contributed by atoms with E-state index < -0.39 is 0 Å². The molecule has 0 atom stereocenters. The summed E-state index contributed by atoms with van der Waals surface area (Å²) in [5.74, 6) is -0.0619. The summed E-state index contributed by atoms with van der Waals surface area (Å²) in [4.78, 5) is 17.6. The summed E-state index contributed by atoms with van der Waals surface area (Å²) in [6.07, 6.45) is 1.60. The Labute approximate surface area is 104 Å². The number of hydrogen-bond acceptors (Lipinski definition) is 4. The first-order valence-corrected chi connectivity index (χ1v) is 5.38. The van der Waals surface area contributed by atoms with Gasteiger partial charge in [-0.05, 0) is 24.3 Å². The molecule has 18 heavy (non-hydrogen) atoms. The number of carbonyl (C=O) groups excluding carboxylic acids is 1. The lowest BCUT2D eigenvalue weighted by atomic mass is 10.1. The van der Waals surface area contributed by atoms with Crippen LogP contribution in [0.15, 0.2) is 42.6 Å². The number of hydrogen-bond donors (Lipinski definition) is 2. The zero-order chi connectivity index (χ0) is 13.1. The number of carbonyl (C=O) groups is 1. The van der Waals surface area contributed by atoms with Gasteiger partial charge in [-0.25, -0.2) is 4.98 Å². The summed E-state index contributed by atoms with van der Waals surface area (Å²) in [6, 6.07) is 9.93. The number of nitrogen functional groups attached to an aromatic ring is 1. The van der Waals surface area contributed by atoms with Gasteiger partial charge in [0, 0.05) is 13.2 Å². The monoisotopic (exact) mass is 243 g/mol. The fourth-order valence-corrected chi connectivity index (χ4v) is 1.57. The van der Waals surface area contributed by atoms with E-state index in [0.29, 0.717) is 5.82 Å². The van der Waals surface area contributed by atoms with Crippen LogP contribution in [-0.4, -0.2) is 23.0 Å². The van der Waals surface area contributed by atoms with Gasteiger partial charge < -0.3 is 10.8 Å². The van der Waals surface area contributed by atoms with Crippen molar-refractivity contribution in [3.05, 3.63) is 48.2 Å². The third-order valence-electron chi connectivity index (χ3n) is 2.60. The summed E-state index contributed by atoms with van der Waals surface area (Å²) < 4.78 is 0. The third kappa shape index (κ3) is 2.10. The van der Waals surface area contributed by atoms with Crippen LogP contribution in [0.1, 0.15) is 10.4 Å². The molecule has 5 heteroatoms. The highest BCUT2D eigenvalue weighted by Crippen LogP contribution is 2.26. The Balaban J connectivity index is 2.35. The molecule has 1 heterocycles. The molecule has 5 nitrogen and oxygen atoms in total. The van der Waals surface area contributed by atoms with Crippen molar-refractivity contribution in [3.8, 4) is 5.75 Å². The summed E-state index contributed by atoms with van der Waals surface area (Å²) in [7, 11) is 1.59. The molecule has 0 fully saturated rings. The van der Waals surface area contributed by atoms with Gasteiger partial charge in [-0.15, -0.1) is 0 Å². The van der Waals surface area contributed by atoms with Crippen LogP contribution < -0.4 is 10.6 Å². The predicted molar refractivity (Wildman–Crippen MR) is 69.5 cm³/mol. The molecule has 0 saturated heterocycles. The first-order valence-electron chi connectivity index (χ1n) is 5.38. The van der Waals surface area contributed by atoms with Crippen LogP contribution in [-0.2, 0) is 0 Å². The second-order valence-electron chi connectivity index (χ2n) is 3.80. The molecular weight excluding hydrogens is 230 g/mol. The number of pyridine rings is 1. The second kappa shape index (κ2) is 4.75. The largest absolute Gasteiger partial charge is 0.505 e. The number of amides is 1. The molecule has 3 N–H and O–H groups in total. The van der Waals surface area contributed by atoms with Crippen molar-refractivity contribution in [2.24, 2.45) is 0 Å². The highest BCUT2D eigenvalue weighted by Gasteiger charge is 2.18. The molecule has 1 amide bonds. The molecule has 0 radical (unpaired) electrons. The minimum Gasteiger partial charge on any atom is -0.505 e. The van der Waals surface area contributed by atoms with Crippen molar-refractivity contribution in [3.63, 3.8) is 0 Å². The van der Waals surface area contributed by atoms with E-state index in [2.05, 4.69) is 4.98 Å². The van der Waals surface area contributed by atoms with E-state index in [4.69, 9.17) is 5.73 Å². The number of aromatic nitrogens is 1. The maximum atomic E-state index is 12.2. The molecule has 0 aliphatic heterocycles.